The fourth-order valence-electron chi connectivity index (χ4n) is 2.85. The Bertz CT molecular complexity index is 668. The van der Waals surface area contributed by atoms with Crippen LogP contribution in [0.1, 0.15) is 12.8 Å². The number of rotatable bonds is 2. The van der Waals surface area contributed by atoms with Crippen LogP contribution in [0, 0.1) is 11.7 Å². The van der Waals surface area contributed by atoms with Crippen LogP contribution in [0.5, 0.6) is 0 Å². The molecule has 1 aliphatic rings. The monoisotopic (exact) mass is 288 g/mol. The van der Waals surface area contributed by atoms with Gasteiger partial charge in [0.2, 0.25) is 5.91 Å². The highest BCUT2D eigenvalue weighted by Gasteiger charge is 2.25. The summed E-state index contributed by atoms with van der Waals surface area (Å²) in [6.07, 6.45) is 2.95. The summed E-state index contributed by atoms with van der Waals surface area (Å²) in [7, 11) is 1.66. The summed E-state index contributed by atoms with van der Waals surface area (Å²) < 4.78 is 13.8. The van der Waals surface area contributed by atoms with Gasteiger partial charge in [0.1, 0.15) is 23.5 Å². The van der Waals surface area contributed by atoms with Gasteiger partial charge in [0.25, 0.3) is 0 Å². The van der Waals surface area contributed by atoms with E-state index in [2.05, 4.69) is 20.2 Å². The van der Waals surface area contributed by atoms with Crippen LogP contribution in [0.4, 0.5) is 10.2 Å². The summed E-state index contributed by atoms with van der Waals surface area (Å²) >= 11 is 0. The molecule has 0 atom stereocenters. The summed E-state index contributed by atoms with van der Waals surface area (Å²) in [6, 6.07) is 4.90. The van der Waals surface area contributed by atoms with Crippen molar-refractivity contribution in [3.63, 3.8) is 0 Å². The lowest BCUT2D eigenvalue weighted by Crippen LogP contribution is -2.40. The van der Waals surface area contributed by atoms with Crippen molar-refractivity contribution in [2.24, 2.45) is 5.92 Å². The smallest absolute Gasteiger partial charge is 0.222 e. The fourth-order valence-corrected chi connectivity index (χ4v) is 2.85. The van der Waals surface area contributed by atoms with Crippen molar-refractivity contribution < 1.29 is 9.18 Å². The summed E-state index contributed by atoms with van der Waals surface area (Å²) in [5.74, 6) is 0.551. The van der Waals surface area contributed by atoms with Gasteiger partial charge in [-0.2, -0.15) is 0 Å². The Kier molecular flexibility index (Phi) is 3.68. The Labute approximate surface area is 122 Å². The number of hydrogen-bond acceptors (Lipinski definition) is 4. The molecule has 1 fully saturated rings. The van der Waals surface area contributed by atoms with Gasteiger partial charge in [-0.25, -0.2) is 14.4 Å². The van der Waals surface area contributed by atoms with Gasteiger partial charge in [0, 0.05) is 31.4 Å². The molecule has 2 aromatic rings. The second-order valence-electron chi connectivity index (χ2n) is 5.21. The molecule has 1 aromatic carbocycles. The minimum absolute atomic E-state index is 0.0519. The van der Waals surface area contributed by atoms with Crippen LogP contribution in [0.2, 0.25) is 0 Å². The van der Waals surface area contributed by atoms with Gasteiger partial charge in [0.05, 0.1) is 0 Å². The Morgan fingerprint density at radius 2 is 2.10 bits per heavy atom. The predicted molar refractivity (Wildman–Crippen MR) is 78.5 cm³/mol. The van der Waals surface area contributed by atoms with Crippen molar-refractivity contribution in [3.05, 3.63) is 30.3 Å². The summed E-state index contributed by atoms with van der Waals surface area (Å²) in [6.45, 7) is 1.47. The molecule has 110 valence electrons. The Morgan fingerprint density at radius 1 is 1.33 bits per heavy atom. The highest BCUT2D eigenvalue weighted by atomic mass is 19.1. The molecule has 1 saturated heterocycles. The lowest BCUT2D eigenvalue weighted by molar-refractivity contribution is -0.125. The minimum atomic E-state index is -0.337. The standard InChI is InChI=1S/C15H17FN4O/c1-17-15(21)10-5-7-20(8-6-10)14-11-3-2-4-12(16)13(11)18-9-19-14/h2-4,9-10H,5-8H2,1H3,(H,17,21). The molecule has 21 heavy (non-hydrogen) atoms. The number of carbonyl (C=O) groups excluding carboxylic acids is 1. The zero-order valence-electron chi connectivity index (χ0n) is 11.8. The van der Waals surface area contributed by atoms with E-state index in [4.69, 9.17) is 0 Å². The highest BCUT2D eigenvalue weighted by molar-refractivity contribution is 5.89. The first-order valence-corrected chi connectivity index (χ1v) is 7.06. The zero-order chi connectivity index (χ0) is 14.8. The number of halogens is 1. The first-order chi connectivity index (χ1) is 10.2. The third-order valence-corrected chi connectivity index (χ3v) is 4.01. The second-order valence-corrected chi connectivity index (χ2v) is 5.21. The van der Waals surface area contributed by atoms with Gasteiger partial charge in [-0.05, 0) is 25.0 Å². The van der Waals surface area contributed by atoms with Gasteiger partial charge < -0.3 is 10.2 Å². The fraction of sp³-hybridized carbons (Fsp3) is 0.400. The average molecular weight is 288 g/mol. The number of piperidine rings is 1. The SMILES string of the molecule is CNC(=O)C1CCN(c2ncnc3c(F)cccc23)CC1. The Balaban J connectivity index is 1.86. The van der Waals surface area contributed by atoms with Crippen molar-refractivity contribution in [2.75, 3.05) is 25.0 Å². The molecule has 1 N–H and O–H groups in total. The number of aromatic nitrogens is 2. The van der Waals surface area contributed by atoms with E-state index in [1.807, 2.05) is 6.07 Å². The molecule has 3 rings (SSSR count). The van der Waals surface area contributed by atoms with Crippen molar-refractivity contribution in [1.82, 2.24) is 15.3 Å². The van der Waals surface area contributed by atoms with Crippen molar-refractivity contribution in [2.45, 2.75) is 12.8 Å². The molecule has 0 saturated carbocycles. The zero-order valence-corrected chi connectivity index (χ0v) is 11.8. The lowest BCUT2D eigenvalue weighted by Gasteiger charge is -2.32. The second kappa shape index (κ2) is 5.63. The van der Waals surface area contributed by atoms with Crippen LogP contribution >= 0.6 is 0 Å². The molecule has 1 aliphatic heterocycles. The van der Waals surface area contributed by atoms with E-state index >= 15 is 0 Å². The lowest BCUT2D eigenvalue weighted by atomic mass is 9.96. The average Bonchev–Trinajstić information content (AvgIpc) is 2.54. The topological polar surface area (TPSA) is 58.1 Å². The molecule has 0 bridgehead atoms. The summed E-state index contributed by atoms with van der Waals surface area (Å²) in [4.78, 5) is 22.1. The number of anilines is 1. The number of fused-ring (bicyclic) bond motifs is 1. The molecular formula is C15H17FN4O. The van der Waals surface area contributed by atoms with Gasteiger partial charge >= 0.3 is 0 Å². The van der Waals surface area contributed by atoms with Crippen molar-refractivity contribution >= 4 is 22.6 Å². The van der Waals surface area contributed by atoms with Crippen LogP contribution < -0.4 is 10.2 Å². The van der Waals surface area contributed by atoms with Crippen LogP contribution in [-0.2, 0) is 4.79 Å². The van der Waals surface area contributed by atoms with E-state index in [0.717, 1.165) is 37.1 Å². The molecule has 0 unspecified atom stereocenters. The molecule has 6 heteroatoms. The molecular weight excluding hydrogens is 271 g/mol. The molecule has 2 heterocycles. The van der Waals surface area contributed by atoms with E-state index < -0.39 is 0 Å². The summed E-state index contributed by atoms with van der Waals surface area (Å²) in [5.41, 5.74) is 0.343. The maximum atomic E-state index is 13.8. The highest BCUT2D eigenvalue weighted by Crippen LogP contribution is 2.28. The molecule has 0 radical (unpaired) electrons. The van der Waals surface area contributed by atoms with Crippen molar-refractivity contribution in [3.8, 4) is 0 Å². The number of nitrogens with zero attached hydrogens (tertiary/aromatic N) is 3. The van der Waals surface area contributed by atoms with Gasteiger partial charge in [0.15, 0.2) is 0 Å². The third kappa shape index (κ3) is 2.53. The molecule has 5 nitrogen and oxygen atoms in total. The van der Waals surface area contributed by atoms with E-state index in [0.29, 0.717) is 5.52 Å². The number of amides is 1. The summed E-state index contributed by atoms with van der Waals surface area (Å²) in [5, 5.41) is 3.41. The molecule has 1 aromatic heterocycles. The van der Waals surface area contributed by atoms with Gasteiger partial charge in [-0.3, -0.25) is 4.79 Å². The van der Waals surface area contributed by atoms with Gasteiger partial charge in [-0.1, -0.05) is 6.07 Å². The first-order valence-electron chi connectivity index (χ1n) is 7.06. The predicted octanol–water partition coefficient (Wildman–Crippen LogP) is 1.73. The Morgan fingerprint density at radius 3 is 2.81 bits per heavy atom. The van der Waals surface area contributed by atoms with Crippen LogP contribution in [0.25, 0.3) is 10.9 Å². The number of hydrogen-bond donors (Lipinski definition) is 1. The number of para-hydroxylation sites is 1. The van der Waals surface area contributed by atoms with E-state index in [-0.39, 0.29) is 17.6 Å². The molecule has 1 amide bonds. The van der Waals surface area contributed by atoms with Crippen molar-refractivity contribution in [1.29, 1.82) is 0 Å². The Hall–Kier alpha value is -2.24. The quantitative estimate of drug-likeness (QED) is 0.914. The first kappa shape index (κ1) is 13.7. The normalized spacial score (nSPS) is 16.2. The maximum Gasteiger partial charge on any atom is 0.222 e. The number of benzene rings is 1. The largest absolute Gasteiger partial charge is 0.359 e. The van der Waals surface area contributed by atoms with E-state index in [1.54, 1.807) is 13.1 Å². The minimum Gasteiger partial charge on any atom is -0.359 e. The third-order valence-electron chi connectivity index (χ3n) is 4.01. The van der Waals surface area contributed by atoms with Crippen LogP contribution in [0.15, 0.2) is 24.5 Å². The van der Waals surface area contributed by atoms with Crippen LogP contribution in [-0.4, -0.2) is 36.0 Å². The molecule has 0 spiro atoms. The van der Waals surface area contributed by atoms with Crippen LogP contribution in [0.3, 0.4) is 0 Å². The number of carbonyl (C=O) groups is 1. The van der Waals surface area contributed by atoms with E-state index in [1.165, 1.54) is 12.4 Å². The number of nitrogens with one attached hydrogen (secondary N) is 1. The maximum absolute atomic E-state index is 13.8. The molecule has 0 aliphatic carbocycles. The van der Waals surface area contributed by atoms with Gasteiger partial charge in [-0.15, -0.1) is 0 Å². The van der Waals surface area contributed by atoms with E-state index in [9.17, 15) is 9.18 Å².